The zero-order valence-corrected chi connectivity index (χ0v) is 12.4. The Bertz CT molecular complexity index is 407. The summed E-state index contributed by atoms with van der Waals surface area (Å²) in [7, 11) is -3.02. The molecule has 0 fully saturated rings. The Hall–Kier alpha value is -1.31. The summed E-state index contributed by atoms with van der Waals surface area (Å²) < 4.78 is 21.8. The fourth-order valence-corrected chi connectivity index (χ4v) is 2.32. The predicted molar refractivity (Wildman–Crippen MR) is 71.8 cm³/mol. The number of hydrogen-bond acceptors (Lipinski definition) is 4. The Morgan fingerprint density at radius 3 is 2.37 bits per heavy atom. The van der Waals surface area contributed by atoms with Crippen molar-refractivity contribution >= 4 is 21.8 Å². The molecule has 0 rings (SSSR count). The number of carboxylic acid groups (broad SMARTS) is 1. The van der Waals surface area contributed by atoms with Gasteiger partial charge in [0.25, 0.3) is 0 Å². The van der Waals surface area contributed by atoms with Crippen molar-refractivity contribution in [1.82, 2.24) is 10.2 Å². The van der Waals surface area contributed by atoms with Crippen molar-refractivity contribution in [2.45, 2.75) is 32.7 Å². The summed E-state index contributed by atoms with van der Waals surface area (Å²) in [5, 5.41) is 11.3. The molecule has 0 aromatic heterocycles. The van der Waals surface area contributed by atoms with Crippen molar-refractivity contribution in [1.29, 1.82) is 0 Å². The lowest BCUT2D eigenvalue weighted by Crippen LogP contribution is -2.46. The lowest BCUT2D eigenvalue weighted by atomic mass is 10.2. The molecular formula is C11H22N2O5S. The number of amides is 2. The van der Waals surface area contributed by atoms with Crippen molar-refractivity contribution in [3.05, 3.63) is 0 Å². The number of carbonyl (C=O) groups excluding carboxylic acids is 1. The van der Waals surface area contributed by atoms with Crippen LogP contribution >= 0.6 is 0 Å². The van der Waals surface area contributed by atoms with Crippen molar-refractivity contribution in [2.24, 2.45) is 0 Å². The van der Waals surface area contributed by atoms with E-state index in [0.717, 1.165) is 6.26 Å². The van der Waals surface area contributed by atoms with Gasteiger partial charge in [-0.2, -0.15) is 0 Å². The minimum Gasteiger partial charge on any atom is -0.481 e. The maximum absolute atomic E-state index is 11.8. The highest BCUT2D eigenvalue weighted by Gasteiger charge is 2.20. The Morgan fingerprint density at radius 1 is 1.37 bits per heavy atom. The molecule has 2 amide bonds. The first-order chi connectivity index (χ1) is 8.67. The Kier molecular flexibility index (Phi) is 7.43. The maximum atomic E-state index is 11.8. The zero-order valence-electron chi connectivity index (χ0n) is 11.5. The summed E-state index contributed by atoms with van der Waals surface area (Å²) in [5.41, 5.74) is 0. The molecule has 0 spiro atoms. The van der Waals surface area contributed by atoms with Crippen LogP contribution in [0.4, 0.5) is 4.79 Å². The van der Waals surface area contributed by atoms with Gasteiger partial charge in [0.15, 0.2) is 0 Å². The van der Waals surface area contributed by atoms with E-state index in [-0.39, 0.29) is 24.7 Å². The molecule has 112 valence electrons. The third kappa shape index (κ3) is 8.41. The molecule has 2 N–H and O–H groups in total. The van der Waals surface area contributed by atoms with Crippen LogP contribution in [0.25, 0.3) is 0 Å². The van der Waals surface area contributed by atoms with Gasteiger partial charge >= 0.3 is 12.0 Å². The summed E-state index contributed by atoms with van der Waals surface area (Å²) in [6, 6.07) is -0.776. The molecule has 0 bridgehead atoms. The van der Waals surface area contributed by atoms with E-state index >= 15 is 0 Å². The van der Waals surface area contributed by atoms with Gasteiger partial charge in [0.1, 0.15) is 9.84 Å². The highest BCUT2D eigenvalue weighted by molar-refractivity contribution is 7.90. The van der Waals surface area contributed by atoms with E-state index < -0.39 is 21.8 Å². The van der Waals surface area contributed by atoms with Gasteiger partial charge in [0.2, 0.25) is 0 Å². The van der Waals surface area contributed by atoms with Crippen LogP contribution in [0.2, 0.25) is 0 Å². The SMILES string of the molecule is CCN(C(=O)NCCCS(C)(=O)=O)C(C)CC(=O)O. The molecule has 0 saturated heterocycles. The molecular weight excluding hydrogens is 272 g/mol. The molecule has 0 aromatic carbocycles. The van der Waals surface area contributed by atoms with Crippen LogP contribution in [0.5, 0.6) is 0 Å². The van der Waals surface area contributed by atoms with E-state index in [1.807, 2.05) is 0 Å². The van der Waals surface area contributed by atoms with Crippen LogP contribution < -0.4 is 5.32 Å². The van der Waals surface area contributed by atoms with Crippen LogP contribution in [0.1, 0.15) is 26.7 Å². The minimum atomic E-state index is -3.02. The molecule has 0 heterocycles. The molecule has 0 aliphatic rings. The molecule has 19 heavy (non-hydrogen) atoms. The quantitative estimate of drug-likeness (QED) is 0.627. The van der Waals surface area contributed by atoms with Gasteiger partial charge in [-0.1, -0.05) is 0 Å². The number of sulfone groups is 1. The van der Waals surface area contributed by atoms with E-state index in [2.05, 4.69) is 5.32 Å². The van der Waals surface area contributed by atoms with Crippen molar-refractivity contribution < 1.29 is 23.1 Å². The lowest BCUT2D eigenvalue weighted by Gasteiger charge is -2.27. The van der Waals surface area contributed by atoms with E-state index in [1.165, 1.54) is 4.90 Å². The first kappa shape index (κ1) is 17.7. The number of nitrogens with zero attached hydrogens (tertiary/aromatic N) is 1. The summed E-state index contributed by atoms with van der Waals surface area (Å²) in [6.45, 7) is 4.07. The van der Waals surface area contributed by atoms with Crippen LogP contribution in [0.15, 0.2) is 0 Å². The van der Waals surface area contributed by atoms with E-state index in [1.54, 1.807) is 13.8 Å². The van der Waals surface area contributed by atoms with Gasteiger partial charge < -0.3 is 15.3 Å². The van der Waals surface area contributed by atoms with Gasteiger partial charge in [-0.05, 0) is 20.3 Å². The number of carbonyl (C=O) groups is 2. The molecule has 8 heteroatoms. The van der Waals surface area contributed by atoms with E-state index in [0.29, 0.717) is 13.0 Å². The fourth-order valence-electron chi connectivity index (χ4n) is 1.65. The average molecular weight is 294 g/mol. The first-order valence-corrected chi connectivity index (χ1v) is 8.17. The number of rotatable bonds is 8. The Morgan fingerprint density at radius 2 is 1.95 bits per heavy atom. The Labute approximate surface area is 113 Å². The topological polar surface area (TPSA) is 104 Å². The van der Waals surface area contributed by atoms with E-state index in [9.17, 15) is 18.0 Å². The van der Waals surface area contributed by atoms with Crippen molar-refractivity contribution in [2.75, 3.05) is 25.1 Å². The van der Waals surface area contributed by atoms with Gasteiger partial charge in [0, 0.05) is 25.4 Å². The van der Waals surface area contributed by atoms with E-state index in [4.69, 9.17) is 5.11 Å². The summed E-state index contributed by atoms with van der Waals surface area (Å²) >= 11 is 0. The molecule has 0 aromatic rings. The van der Waals surface area contributed by atoms with Crippen LogP contribution in [-0.4, -0.2) is 61.6 Å². The third-order valence-electron chi connectivity index (χ3n) is 2.57. The van der Waals surface area contributed by atoms with Gasteiger partial charge in [-0.25, -0.2) is 13.2 Å². The smallest absolute Gasteiger partial charge is 0.317 e. The third-order valence-corrected chi connectivity index (χ3v) is 3.60. The Balaban J connectivity index is 4.18. The van der Waals surface area contributed by atoms with Crippen LogP contribution in [0.3, 0.4) is 0 Å². The number of carboxylic acids is 1. The van der Waals surface area contributed by atoms with Crippen LogP contribution in [0, 0.1) is 0 Å². The summed E-state index contributed by atoms with van der Waals surface area (Å²) in [6.07, 6.45) is 1.36. The molecule has 0 aliphatic carbocycles. The lowest BCUT2D eigenvalue weighted by molar-refractivity contribution is -0.138. The number of nitrogens with one attached hydrogen (secondary N) is 1. The second kappa shape index (κ2) is 7.98. The first-order valence-electron chi connectivity index (χ1n) is 6.11. The normalized spacial score (nSPS) is 12.8. The second-order valence-electron chi connectivity index (χ2n) is 4.45. The van der Waals surface area contributed by atoms with Crippen LogP contribution in [-0.2, 0) is 14.6 Å². The highest BCUT2D eigenvalue weighted by Crippen LogP contribution is 2.04. The zero-order chi connectivity index (χ0) is 15.1. The molecule has 0 aliphatic heterocycles. The van der Waals surface area contributed by atoms with Crippen molar-refractivity contribution in [3.63, 3.8) is 0 Å². The van der Waals surface area contributed by atoms with Gasteiger partial charge in [-0.3, -0.25) is 4.79 Å². The number of aliphatic carboxylic acids is 1. The van der Waals surface area contributed by atoms with Gasteiger partial charge in [-0.15, -0.1) is 0 Å². The monoisotopic (exact) mass is 294 g/mol. The van der Waals surface area contributed by atoms with Crippen molar-refractivity contribution in [3.8, 4) is 0 Å². The molecule has 1 unspecified atom stereocenters. The number of hydrogen-bond donors (Lipinski definition) is 2. The molecule has 0 radical (unpaired) electrons. The fraction of sp³-hybridized carbons (Fsp3) is 0.818. The minimum absolute atomic E-state index is 0.0179. The highest BCUT2D eigenvalue weighted by atomic mass is 32.2. The predicted octanol–water partition coefficient (Wildman–Crippen LogP) is 0.316. The second-order valence-corrected chi connectivity index (χ2v) is 6.71. The maximum Gasteiger partial charge on any atom is 0.317 e. The largest absolute Gasteiger partial charge is 0.481 e. The molecule has 0 saturated carbocycles. The van der Waals surface area contributed by atoms with Gasteiger partial charge in [0.05, 0.1) is 12.2 Å². The molecule has 7 nitrogen and oxygen atoms in total. The standard InChI is InChI=1S/C11H22N2O5S/c1-4-13(9(2)8-10(14)15)11(16)12-6-5-7-19(3,17)18/h9H,4-8H2,1-3H3,(H,12,16)(H,14,15). The summed E-state index contributed by atoms with van der Waals surface area (Å²) in [5.74, 6) is -0.944. The molecule has 1 atom stereocenters. The summed E-state index contributed by atoms with van der Waals surface area (Å²) in [4.78, 5) is 23.8. The average Bonchev–Trinajstić information content (AvgIpc) is 2.23. The number of urea groups is 1.